The van der Waals surface area contributed by atoms with Crippen LogP contribution < -0.4 is 5.32 Å². The van der Waals surface area contributed by atoms with E-state index in [1.807, 2.05) is 30.3 Å². The predicted molar refractivity (Wildman–Crippen MR) is 68.1 cm³/mol. The summed E-state index contributed by atoms with van der Waals surface area (Å²) in [6.45, 7) is 2.05. The van der Waals surface area contributed by atoms with Crippen molar-refractivity contribution in [2.45, 2.75) is 19.3 Å². The molecule has 1 fully saturated rings. The zero-order valence-corrected chi connectivity index (χ0v) is 10.0. The van der Waals surface area contributed by atoms with Crippen molar-refractivity contribution < 1.29 is 9.53 Å². The summed E-state index contributed by atoms with van der Waals surface area (Å²) in [5.74, 6) is 0.814. The van der Waals surface area contributed by atoms with Gasteiger partial charge in [0.2, 0.25) is 0 Å². The highest BCUT2D eigenvalue weighted by Gasteiger charge is 2.16. The fourth-order valence-electron chi connectivity index (χ4n) is 2.10. The smallest absolute Gasteiger partial charge is 0.152 e. The molecule has 0 aliphatic carbocycles. The van der Waals surface area contributed by atoms with Gasteiger partial charge in [-0.3, -0.25) is 4.79 Å². The first-order chi connectivity index (χ1) is 8.34. The van der Waals surface area contributed by atoms with Crippen LogP contribution in [0.3, 0.4) is 0 Å². The van der Waals surface area contributed by atoms with Gasteiger partial charge in [0.25, 0.3) is 0 Å². The molecule has 0 atom stereocenters. The maximum absolute atomic E-state index is 11.8. The lowest BCUT2D eigenvalue weighted by molar-refractivity contribution is -0.118. The van der Waals surface area contributed by atoms with Crippen molar-refractivity contribution in [3.63, 3.8) is 0 Å². The highest BCUT2D eigenvalue weighted by molar-refractivity contribution is 5.83. The van der Waals surface area contributed by atoms with Crippen LogP contribution >= 0.6 is 0 Å². The Balaban J connectivity index is 1.70. The molecule has 3 heteroatoms. The van der Waals surface area contributed by atoms with Gasteiger partial charge in [-0.2, -0.15) is 0 Å². The molecule has 0 amide bonds. The molecule has 1 aliphatic heterocycles. The van der Waals surface area contributed by atoms with Gasteiger partial charge in [0.1, 0.15) is 0 Å². The number of hydrogen-bond donors (Lipinski definition) is 1. The van der Waals surface area contributed by atoms with Crippen LogP contribution in [0.15, 0.2) is 30.3 Å². The summed E-state index contributed by atoms with van der Waals surface area (Å²) in [6.07, 6.45) is 2.73. The lowest BCUT2D eigenvalue weighted by atomic mass is 9.94. The third-order valence-electron chi connectivity index (χ3n) is 3.12. The molecule has 17 heavy (non-hydrogen) atoms. The molecule has 92 valence electrons. The van der Waals surface area contributed by atoms with Gasteiger partial charge < -0.3 is 10.1 Å². The monoisotopic (exact) mass is 233 g/mol. The average Bonchev–Trinajstić information content (AvgIpc) is 2.39. The molecule has 2 rings (SSSR count). The number of para-hydroxylation sites is 1. The van der Waals surface area contributed by atoms with Crippen molar-refractivity contribution in [1.82, 2.24) is 0 Å². The molecular weight excluding hydrogens is 214 g/mol. The zero-order chi connectivity index (χ0) is 11.9. The Bertz CT molecular complexity index is 344. The Hall–Kier alpha value is -1.35. The molecule has 1 N–H and O–H groups in total. The van der Waals surface area contributed by atoms with Crippen molar-refractivity contribution in [3.05, 3.63) is 30.3 Å². The number of ketones is 1. The molecule has 1 aromatic carbocycles. The standard InChI is InChI=1S/C14H19NO2/c16-14(10-12-6-8-17-9-7-12)11-15-13-4-2-1-3-5-13/h1-5,12,15H,6-11H2. The first-order valence-corrected chi connectivity index (χ1v) is 6.23. The summed E-state index contributed by atoms with van der Waals surface area (Å²) in [5, 5.41) is 3.15. The third-order valence-corrected chi connectivity index (χ3v) is 3.12. The lowest BCUT2D eigenvalue weighted by Crippen LogP contribution is -2.22. The highest BCUT2D eigenvalue weighted by Crippen LogP contribution is 2.18. The first-order valence-electron chi connectivity index (χ1n) is 6.23. The van der Waals surface area contributed by atoms with Crippen molar-refractivity contribution in [3.8, 4) is 0 Å². The van der Waals surface area contributed by atoms with Crippen LogP contribution in [0, 0.1) is 5.92 Å². The van der Waals surface area contributed by atoms with Crippen LogP contribution in [0.1, 0.15) is 19.3 Å². The molecule has 0 bridgehead atoms. The van der Waals surface area contributed by atoms with Gasteiger partial charge in [0, 0.05) is 25.3 Å². The van der Waals surface area contributed by atoms with E-state index in [1.54, 1.807) is 0 Å². The van der Waals surface area contributed by atoms with Gasteiger partial charge >= 0.3 is 0 Å². The summed E-state index contributed by atoms with van der Waals surface area (Å²) < 4.78 is 5.28. The molecule has 0 unspecified atom stereocenters. The van der Waals surface area contributed by atoms with E-state index in [0.29, 0.717) is 24.7 Å². The van der Waals surface area contributed by atoms with Crippen LogP contribution in [0.5, 0.6) is 0 Å². The number of benzene rings is 1. The fraction of sp³-hybridized carbons (Fsp3) is 0.500. The second-order valence-corrected chi connectivity index (χ2v) is 4.52. The molecule has 1 aromatic rings. The van der Waals surface area contributed by atoms with E-state index in [0.717, 1.165) is 31.7 Å². The number of carbonyl (C=O) groups excluding carboxylic acids is 1. The van der Waals surface area contributed by atoms with Crippen LogP contribution in [0.4, 0.5) is 5.69 Å². The Morgan fingerprint density at radius 3 is 2.65 bits per heavy atom. The van der Waals surface area contributed by atoms with E-state index in [4.69, 9.17) is 4.74 Å². The Morgan fingerprint density at radius 2 is 1.94 bits per heavy atom. The SMILES string of the molecule is O=C(CNc1ccccc1)CC1CCOCC1. The van der Waals surface area contributed by atoms with Crippen molar-refractivity contribution in [2.24, 2.45) is 5.92 Å². The van der Waals surface area contributed by atoms with E-state index < -0.39 is 0 Å². The van der Waals surface area contributed by atoms with Gasteiger partial charge in [-0.15, -0.1) is 0 Å². The first kappa shape index (κ1) is 12.1. The molecule has 1 saturated heterocycles. The second kappa shape index (κ2) is 6.40. The molecule has 1 heterocycles. The maximum Gasteiger partial charge on any atom is 0.152 e. The number of anilines is 1. The number of carbonyl (C=O) groups is 1. The molecule has 0 spiro atoms. The summed E-state index contributed by atoms with van der Waals surface area (Å²) in [7, 11) is 0. The normalized spacial score (nSPS) is 16.7. The molecule has 0 saturated carbocycles. The summed E-state index contributed by atoms with van der Waals surface area (Å²) in [5.41, 5.74) is 1.01. The number of hydrogen-bond acceptors (Lipinski definition) is 3. The molecular formula is C14H19NO2. The van der Waals surface area contributed by atoms with E-state index in [2.05, 4.69) is 5.32 Å². The van der Waals surface area contributed by atoms with Crippen molar-refractivity contribution in [1.29, 1.82) is 0 Å². The Kier molecular flexibility index (Phi) is 4.56. The maximum atomic E-state index is 11.8. The fourth-order valence-corrected chi connectivity index (χ4v) is 2.10. The number of Topliss-reactive ketones (excluding diaryl/α,β-unsaturated/α-hetero) is 1. The number of ether oxygens (including phenoxy) is 1. The van der Waals surface area contributed by atoms with Crippen LogP contribution in [-0.2, 0) is 9.53 Å². The van der Waals surface area contributed by atoms with Gasteiger partial charge in [-0.1, -0.05) is 18.2 Å². The van der Waals surface area contributed by atoms with Gasteiger partial charge in [-0.25, -0.2) is 0 Å². The quantitative estimate of drug-likeness (QED) is 0.849. The number of rotatable bonds is 5. The van der Waals surface area contributed by atoms with E-state index in [9.17, 15) is 4.79 Å². The Labute approximate surface area is 102 Å². The van der Waals surface area contributed by atoms with Crippen LogP contribution in [0.2, 0.25) is 0 Å². The average molecular weight is 233 g/mol. The van der Waals surface area contributed by atoms with Gasteiger partial charge in [0.05, 0.1) is 6.54 Å². The third kappa shape index (κ3) is 4.19. The minimum atomic E-state index is 0.292. The Morgan fingerprint density at radius 1 is 1.24 bits per heavy atom. The highest BCUT2D eigenvalue weighted by atomic mass is 16.5. The second-order valence-electron chi connectivity index (χ2n) is 4.52. The van der Waals surface area contributed by atoms with Crippen molar-refractivity contribution >= 4 is 11.5 Å². The number of nitrogens with one attached hydrogen (secondary N) is 1. The topological polar surface area (TPSA) is 38.3 Å². The zero-order valence-electron chi connectivity index (χ0n) is 10.0. The minimum Gasteiger partial charge on any atom is -0.381 e. The van der Waals surface area contributed by atoms with E-state index in [1.165, 1.54) is 0 Å². The van der Waals surface area contributed by atoms with E-state index in [-0.39, 0.29) is 0 Å². The largest absolute Gasteiger partial charge is 0.381 e. The summed E-state index contributed by atoms with van der Waals surface area (Å²) in [4.78, 5) is 11.8. The molecule has 0 radical (unpaired) electrons. The van der Waals surface area contributed by atoms with Crippen molar-refractivity contribution in [2.75, 3.05) is 25.1 Å². The van der Waals surface area contributed by atoms with E-state index >= 15 is 0 Å². The minimum absolute atomic E-state index is 0.292. The summed E-state index contributed by atoms with van der Waals surface area (Å²) >= 11 is 0. The molecule has 1 aliphatic rings. The molecule has 3 nitrogen and oxygen atoms in total. The van der Waals surface area contributed by atoms with Crippen LogP contribution in [0.25, 0.3) is 0 Å². The molecule has 0 aromatic heterocycles. The van der Waals surface area contributed by atoms with Gasteiger partial charge in [0.15, 0.2) is 5.78 Å². The summed E-state index contributed by atoms with van der Waals surface area (Å²) in [6, 6.07) is 9.84. The van der Waals surface area contributed by atoms with Gasteiger partial charge in [-0.05, 0) is 30.9 Å². The van der Waals surface area contributed by atoms with Crippen LogP contribution in [-0.4, -0.2) is 25.5 Å². The lowest BCUT2D eigenvalue weighted by Gasteiger charge is -2.21. The predicted octanol–water partition coefficient (Wildman–Crippen LogP) is 2.48.